The van der Waals surface area contributed by atoms with E-state index in [9.17, 15) is 0 Å². The summed E-state index contributed by atoms with van der Waals surface area (Å²) in [4.78, 5) is 2.37. The van der Waals surface area contributed by atoms with Crippen LogP contribution in [0.15, 0.2) is 22.7 Å². The number of halogens is 1. The Balaban J connectivity index is 2.10. The van der Waals surface area contributed by atoms with Gasteiger partial charge in [0.1, 0.15) is 0 Å². The van der Waals surface area contributed by atoms with Crippen molar-refractivity contribution in [1.29, 1.82) is 5.26 Å². The maximum atomic E-state index is 8.97. The van der Waals surface area contributed by atoms with Crippen molar-refractivity contribution in [3.05, 3.63) is 28.2 Å². The number of hydrogen-bond donors (Lipinski definition) is 1. The second-order valence-corrected chi connectivity index (χ2v) is 6.04. The van der Waals surface area contributed by atoms with Gasteiger partial charge < -0.3 is 10.2 Å². The molecule has 1 aromatic carbocycles. The van der Waals surface area contributed by atoms with Crippen molar-refractivity contribution in [3.8, 4) is 6.07 Å². The van der Waals surface area contributed by atoms with Crippen molar-refractivity contribution in [1.82, 2.24) is 4.90 Å². The van der Waals surface area contributed by atoms with Gasteiger partial charge >= 0.3 is 0 Å². The highest BCUT2D eigenvalue weighted by Crippen LogP contribution is 2.24. The molecule has 4 heteroatoms. The van der Waals surface area contributed by atoms with Crippen molar-refractivity contribution in [2.75, 3.05) is 25.5 Å². The van der Waals surface area contributed by atoms with E-state index in [1.165, 1.54) is 0 Å². The fourth-order valence-corrected chi connectivity index (χ4v) is 3.01. The molecule has 0 aromatic heterocycles. The van der Waals surface area contributed by atoms with Crippen LogP contribution >= 0.6 is 15.9 Å². The Hall–Kier alpha value is -1.05. The van der Waals surface area contributed by atoms with E-state index in [0.717, 1.165) is 29.7 Å². The fourth-order valence-electron chi connectivity index (χ4n) is 2.52. The van der Waals surface area contributed by atoms with E-state index in [0.29, 0.717) is 17.5 Å². The highest BCUT2D eigenvalue weighted by atomic mass is 79.9. The highest BCUT2D eigenvalue weighted by molar-refractivity contribution is 9.10. The summed E-state index contributed by atoms with van der Waals surface area (Å²) in [5.74, 6) is 0.619. The third-order valence-corrected chi connectivity index (χ3v) is 3.95. The van der Waals surface area contributed by atoms with E-state index in [1.807, 2.05) is 18.2 Å². The Morgan fingerprint density at radius 1 is 1.44 bits per heavy atom. The maximum Gasteiger partial charge on any atom is 0.0992 e. The zero-order valence-corrected chi connectivity index (χ0v) is 12.4. The van der Waals surface area contributed by atoms with Crippen molar-refractivity contribution in [2.24, 2.45) is 5.92 Å². The van der Waals surface area contributed by atoms with Gasteiger partial charge in [-0.15, -0.1) is 0 Å². The SMILES string of the molecule is CC1CN(C)CCC1Nc1cc(Br)cc(C#N)c1. The molecule has 0 radical (unpaired) electrons. The number of anilines is 1. The van der Waals surface area contributed by atoms with Crippen LogP contribution in [0, 0.1) is 17.2 Å². The summed E-state index contributed by atoms with van der Waals surface area (Å²) < 4.78 is 0.949. The van der Waals surface area contributed by atoms with Crippen LogP contribution in [0.3, 0.4) is 0 Å². The first-order chi connectivity index (χ1) is 8.58. The first-order valence-corrected chi connectivity index (χ1v) is 7.03. The molecule has 0 amide bonds. The fraction of sp³-hybridized carbons (Fsp3) is 0.500. The van der Waals surface area contributed by atoms with Crippen LogP contribution in [0.5, 0.6) is 0 Å². The van der Waals surface area contributed by atoms with Gasteiger partial charge in [-0.1, -0.05) is 22.9 Å². The molecule has 96 valence electrons. The summed E-state index contributed by atoms with van der Waals surface area (Å²) in [7, 11) is 2.17. The number of nitrogens with one attached hydrogen (secondary N) is 1. The summed E-state index contributed by atoms with van der Waals surface area (Å²) in [6.45, 7) is 4.52. The number of rotatable bonds is 2. The average Bonchev–Trinajstić information content (AvgIpc) is 2.32. The lowest BCUT2D eigenvalue weighted by Crippen LogP contribution is -2.43. The average molecular weight is 308 g/mol. The summed E-state index contributed by atoms with van der Waals surface area (Å²) in [6, 6.07) is 8.46. The number of hydrogen-bond acceptors (Lipinski definition) is 3. The minimum Gasteiger partial charge on any atom is -0.382 e. The maximum absolute atomic E-state index is 8.97. The number of likely N-dealkylation sites (tertiary alicyclic amines) is 1. The Morgan fingerprint density at radius 3 is 2.89 bits per heavy atom. The molecule has 1 heterocycles. The Kier molecular flexibility index (Phi) is 4.26. The lowest BCUT2D eigenvalue weighted by atomic mass is 9.94. The van der Waals surface area contributed by atoms with E-state index in [1.54, 1.807) is 0 Å². The van der Waals surface area contributed by atoms with E-state index in [-0.39, 0.29) is 0 Å². The Morgan fingerprint density at radius 2 is 2.22 bits per heavy atom. The van der Waals surface area contributed by atoms with Crippen LogP contribution in [0.1, 0.15) is 18.9 Å². The first kappa shape index (κ1) is 13.4. The van der Waals surface area contributed by atoms with Crippen LogP contribution in [-0.2, 0) is 0 Å². The second kappa shape index (κ2) is 5.73. The zero-order valence-electron chi connectivity index (χ0n) is 10.8. The number of piperidine rings is 1. The molecule has 1 aromatic rings. The van der Waals surface area contributed by atoms with Gasteiger partial charge in [-0.25, -0.2) is 0 Å². The van der Waals surface area contributed by atoms with E-state index in [4.69, 9.17) is 5.26 Å². The van der Waals surface area contributed by atoms with Gasteiger partial charge in [0.15, 0.2) is 0 Å². The van der Waals surface area contributed by atoms with Crippen molar-refractivity contribution in [3.63, 3.8) is 0 Å². The van der Waals surface area contributed by atoms with Gasteiger partial charge in [0.2, 0.25) is 0 Å². The number of nitrogens with zero attached hydrogens (tertiary/aromatic N) is 2. The predicted molar refractivity (Wildman–Crippen MR) is 77.5 cm³/mol. The van der Waals surface area contributed by atoms with Gasteiger partial charge in [-0.3, -0.25) is 0 Å². The van der Waals surface area contributed by atoms with Crippen LogP contribution < -0.4 is 5.32 Å². The monoisotopic (exact) mass is 307 g/mol. The zero-order chi connectivity index (χ0) is 13.1. The van der Waals surface area contributed by atoms with Gasteiger partial charge in [0, 0.05) is 22.7 Å². The van der Waals surface area contributed by atoms with Crippen molar-refractivity contribution >= 4 is 21.6 Å². The molecule has 2 atom stereocenters. The number of benzene rings is 1. The molecule has 0 saturated carbocycles. The largest absolute Gasteiger partial charge is 0.382 e. The van der Waals surface area contributed by atoms with E-state index >= 15 is 0 Å². The molecular formula is C14H18BrN3. The van der Waals surface area contributed by atoms with Crippen molar-refractivity contribution < 1.29 is 0 Å². The molecule has 0 aliphatic carbocycles. The van der Waals surface area contributed by atoms with Gasteiger partial charge in [0.25, 0.3) is 0 Å². The van der Waals surface area contributed by atoms with Crippen LogP contribution in [0.25, 0.3) is 0 Å². The summed E-state index contributed by atoms with van der Waals surface area (Å²) in [5.41, 5.74) is 1.72. The number of nitriles is 1. The Bertz CT molecular complexity index is 467. The molecule has 1 fully saturated rings. The molecule has 1 saturated heterocycles. The second-order valence-electron chi connectivity index (χ2n) is 5.12. The molecular weight excluding hydrogens is 290 g/mol. The molecule has 0 spiro atoms. The van der Waals surface area contributed by atoms with E-state index < -0.39 is 0 Å². The standard InChI is InChI=1S/C14H18BrN3/c1-10-9-18(2)4-3-14(10)17-13-6-11(8-16)5-12(15)7-13/h5-7,10,14,17H,3-4,9H2,1-2H3. The summed E-state index contributed by atoms with van der Waals surface area (Å²) in [6.07, 6.45) is 1.14. The molecule has 2 rings (SSSR count). The first-order valence-electron chi connectivity index (χ1n) is 6.24. The molecule has 0 bridgehead atoms. The van der Waals surface area contributed by atoms with Gasteiger partial charge in [-0.2, -0.15) is 5.26 Å². The quantitative estimate of drug-likeness (QED) is 0.912. The van der Waals surface area contributed by atoms with Gasteiger partial charge in [0.05, 0.1) is 11.6 Å². The minimum atomic E-state index is 0.488. The van der Waals surface area contributed by atoms with Gasteiger partial charge in [-0.05, 0) is 44.1 Å². The third-order valence-electron chi connectivity index (χ3n) is 3.49. The highest BCUT2D eigenvalue weighted by Gasteiger charge is 2.23. The third kappa shape index (κ3) is 3.24. The molecule has 3 nitrogen and oxygen atoms in total. The molecule has 1 aliphatic rings. The van der Waals surface area contributed by atoms with E-state index in [2.05, 4.69) is 46.2 Å². The van der Waals surface area contributed by atoms with Crippen LogP contribution in [0.4, 0.5) is 5.69 Å². The lowest BCUT2D eigenvalue weighted by Gasteiger charge is -2.35. The van der Waals surface area contributed by atoms with Crippen LogP contribution in [-0.4, -0.2) is 31.1 Å². The summed E-state index contributed by atoms with van der Waals surface area (Å²) in [5, 5.41) is 12.5. The molecule has 2 unspecified atom stereocenters. The minimum absolute atomic E-state index is 0.488. The normalized spacial score (nSPS) is 24.6. The summed E-state index contributed by atoms with van der Waals surface area (Å²) >= 11 is 3.44. The van der Waals surface area contributed by atoms with Crippen LogP contribution in [0.2, 0.25) is 0 Å². The smallest absolute Gasteiger partial charge is 0.0992 e. The molecule has 1 N–H and O–H groups in total. The molecule has 18 heavy (non-hydrogen) atoms. The molecule has 1 aliphatic heterocycles. The van der Waals surface area contributed by atoms with Crippen molar-refractivity contribution in [2.45, 2.75) is 19.4 Å². The topological polar surface area (TPSA) is 39.1 Å². The Labute approximate surface area is 117 Å². The lowest BCUT2D eigenvalue weighted by molar-refractivity contribution is 0.206. The predicted octanol–water partition coefficient (Wildman–Crippen LogP) is 3.07.